The number of imidazole rings is 1. The van der Waals surface area contributed by atoms with Crippen LogP contribution in [0.25, 0.3) is 0 Å². The van der Waals surface area contributed by atoms with E-state index in [1.807, 2.05) is 17.8 Å². The first kappa shape index (κ1) is 16.4. The Labute approximate surface area is 140 Å². The maximum Gasteiger partial charge on any atom is 0.268 e. The fourth-order valence-corrected chi connectivity index (χ4v) is 3.06. The highest BCUT2D eigenvalue weighted by Crippen LogP contribution is 2.27. The number of hydrogen-bond donors (Lipinski definition) is 1. The number of ether oxygens (including phenoxy) is 1. The van der Waals surface area contributed by atoms with Crippen molar-refractivity contribution in [2.75, 3.05) is 6.61 Å². The average molecular weight is 330 g/mol. The molecular formula is C17H22N4O3. The predicted octanol–water partition coefficient (Wildman–Crippen LogP) is 1.61. The zero-order valence-electron chi connectivity index (χ0n) is 14.2. The molecule has 7 nitrogen and oxygen atoms in total. The number of carbonyl (C=O) groups excluding carboxylic acids is 2. The van der Waals surface area contributed by atoms with Gasteiger partial charge in [-0.1, -0.05) is 0 Å². The number of aryl methyl sites for hydroxylation is 2. The van der Waals surface area contributed by atoms with Crippen molar-refractivity contribution in [1.82, 2.24) is 19.4 Å². The van der Waals surface area contributed by atoms with Crippen molar-refractivity contribution in [3.63, 3.8) is 0 Å². The SMILES string of the molecule is CC(=O)c1cc(C(=O)N[C@H]2CCCO[C@@H]2c2nccn2C)n(C)c1. The Kier molecular flexibility index (Phi) is 4.53. The second-order valence-electron chi connectivity index (χ2n) is 6.19. The zero-order chi connectivity index (χ0) is 17.3. The van der Waals surface area contributed by atoms with E-state index in [1.54, 1.807) is 30.1 Å². The van der Waals surface area contributed by atoms with E-state index in [2.05, 4.69) is 10.3 Å². The van der Waals surface area contributed by atoms with E-state index in [0.29, 0.717) is 17.9 Å². The molecular weight excluding hydrogens is 308 g/mol. The number of amides is 1. The number of carbonyl (C=O) groups is 2. The van der Waals surface area contributed by atoms with Crippen molar-refractivity contribution in [3.8, 4) is 0 Å². The molecule has 128 valence electrons. The first-order valence-electron chi connectivity index (χ1n) is 8.04. The summed E-state index contributed by atoms with van der Waals surface area (Å²) in [6.07, 6.45) is 6.70. The van der Waals surface area contributed by atoms with Gasteiger partial charge in [0.15, 0.2) is 5.78 Å². The molecule has 1 aliphatic heterocycles. The summed E-state index contributed by atoms with van der Waals surface area (Å²) in [7, 11) is 3.67. The normalized spacial score (nSPS) is 20.8. The molecule has 0 spiro atoms. The number of hydrogen-bond acceptors (Lipinski definition) is 4. The van der Waals surface area contributed by atoms with Crippen molar-refractivity contribution in [3.05, 3.63) is 41.7 Å². The van der Waals surface area contributed by atoms with E-state index in [0.717, 1.165) is 18.7 Å². The standard InChI is InChI=1S/C17H22N4O3/c1-11(22)12-9-14(21(3)10-12)17(23)19-13-5-4-8-24-15(13)16-18-6-7-20(16)2/h6-7,9-10,13,15H,4-5,8H2,1-3H3,(H,19,23)/t13-,15-/m0/s1. The maximum atomic E-state index is 12.6. The van der Waals surface area contributed by atoms with Crippen molar-refractivity contribution >= 4 is 11.7 Å². The van der Waals surface area contributed by atoms with Crippen LogP contribution in [0.15, 0.2) is 24.7 Å². The predicted molar refractivity (Wildman–Crippen MR) is 87.8 cm³/mol. The van der Waals surface area contributed by atoms with Gasteiger partial charge in [-0.2, -0.15) is 0 Å². The van der Waals surface area contributed by atoms with Gasteiger partial charge in [0, 0.05) is 44.9 Å². The van der Waals surface area contributed by atoms with Crippen LogP contribution in [-0.2, 0) is 18.8 Å². The molecule has 0 unspecified atom stereocenters. The van der Waals surface area contributed by atoms with E-state index in [4.69, 9.17) is 4.74 Å². The molecule has 2 atom stereocenters. The van der Waals surface area contributed by atoms with Crippen LogP contribution >= 0.6 is 0 Å². The van der Waals surface area contributed by atoms with Gasteiger partial charge in [0.25, 0.3) is 5.91 Å². The van der Waals surface area contributed by atoms with E-state index >= 15 is 0 Å². The zero-order valence-corrected chi connectivity index (χ0v) is 14.2. The van der Waals surface area contributed by atoms with Crippen LogP contribution in [0.2, 0.25) is 0 Å². The minimum atomic E-state index is -0.268. The topological polar surface area (TPSA) is 78.2 Å². The highest BCUT2D eigenvalue weighted by Gasteiger charge is 2.32. The second-order valence-corrected chi connectivity index (χ2v) is 6.19. The van der Waals surface area contributed by atoms with Crippen molar-refractivity contribution in [2.24, 2.45) is 14.1 Å². The van der Waals surface area contributed by atoms with Gasteiger partial charge in [0.2, 0.25) is 0 Å². The number of aromatic nitrogens is 3. The third-order valence-corrected chi connectivity index (χ3v) is 4.40. The van der Waals surface area contributed by atoms with Crippen LogP contribution < -0.4 is 5.32 Å². The third-order valence-electron chi connectivity index (χ3n) is 4.40. The minimum Gasteiger partial charge on any atom is -0.368 e. The molecule has 1 N–H and O–H groups in total. The Morgan fingerprint density at radius 3 is 2.75 bits per heavy atom. The largest absolute Gasteiger partial charge is 0.368 e. The van der Waals surface area contributed by atoms with Gasteiger partial charge in [0.05, 0.1) is 6.04 Å². The highest BCUT2D eigenvalue weighted by atomic mass is 16.5. The van der Waals surface area contributed by atoms with E-state index in [1.165, 1.54) is 6.92 Å². The lowest BCUT2D eigenvalue weighted by atomic mass is 10.0. The van der Waals surface area contributed by atoms with Crippen LogP contribution in [0.4, 0.5) is 0 Å². The summed E-state index contributed by atoms with van der Waals surface area (Å²) in [5, 5.41) is 3.04. The molecule has 3 heterocycles. The fraction of sp³-hybridized carbons (Fsp3) is 0.471. The smallest absolute Gasteiger partial charge is 0.268 e. The highest BCUT2D eigenvalue weighted by molar-refractivity contribution is 5.99. The molecule has 24 heavy (non-hydrogen) atoms. The molecule has 0 aliphatic carbocycles. The minimum absolute atomic E-state index is 0.0588. The Morgan fingerprint density at radius 2 is 2.12 bits per heavy atom. The van der Waals surface area contributed by atoms with Crippen LogP contribution in [-0.4, -0.2) is 38.5 Å². The van der Waals surface area contributed by atoms with E-state index < -0.39 is 0 Å². The number of rotatable bonds is 4. The molecule has 1 aliphatic rings. The Bertz CT molecular complexity index is 762. The Hall–Kier alpha value is -2.41. The van der Waals surface area contributed by atoms with Gasteiger partial charge in [-0.05, 0) is 25.8 Å². The Balaban J connectivity index is 1.79. The fourth-order valence-electron chi connectivity index (χ4n) is 3.06. The number of nitrogens with one attached hydrogen (secondary N) is 1. The molecule has 1 amide bonds. The lowest BCUT2D eigenvalue weighted by Crippen LogP contribution is -2.44. The van der Waals surface area contributed by atoms with E-state index in [9.17, 15) is 9.59 Å². The van der Waals surface area contributed by atoms with Gasteiger partial charge in [-0.25, -0.2) is 4.98 Å². The molecule has 0 bridgehead atoms. The summed E-state index contributed by atoms with van der Waals surface area (Å²) in [5.41, 5.74) is 0.993. The molecule has 1 fully saturated rings. The lowest BCUT2D eigenvalue weighted by molar-refractivity contribution is -0.0160. The molecule has 3 rings (SSSR count). The van der Waals surface area contributed by atoms with Crippen LogP contribution in [0.1, 0.15) is 52.5 Å². The quantitative estimate of drug-likeness (QED) is 0.864. The number of Topliss-reactive ketones (excluding diaryl/α,β-unsaturated/α-hetero) is 1. The van der Waals surface area contributed by atoms with Gasteiger partial charge in [0.1, 0.15) is 17.6 Å². The molecule has 0 radical (unpaired) electrons. The first-order chi connectivity index (χ1) is 11.5. The molecule has 7 heteroatoms. The molecule has 0 aromatic carbocycles. The monoisotopic (exact) mass is 330 g/mol. The molecule has 1 saturated heterocycles. The van der Waals surface area contributed by atoms with E-state index in [-0.39, 0.29) is 23.8 Å². The first-order valence-corrected chi connectivity index (χ1v) is 8.04. The summed E-state index contributed by atoms with van der Waals surface area (Å²) in [6, 6.07) is 1.47. The average Bonchev–Trinajstić information content (AvgIpc) is 3.14. The van der Waals surface area contributed by atoms with Crippen LogP contribution in [0, 0.1) is 0 Å². The molecule has 2 aromatic rings. The maximum absolute atomic E-state index is 12.6. The van der Waals surface area contributed by atoms with Crippen molar-refractivity contribution in [1.29, 1.82) is 0 Å². The number of ketones is 1. The summed E-state index contributed by atoms with van der Waals surface area (Å²) < 4.78 is 9.45. The molecule has 2 aromatic heterocycles. The summed E-state index contributed by atoms with van der Waals surface area (Å²) in [5.74, 6) is 0.535. The van der Waals surface area contributed by atoms with Gasteiger partial charge in [-0.3, -0.25) is 9.59 Å². The summed E-state index contributed by atoms with van der Waals surface area (Å²) in [4.78, 5) is 28.5. The van der Waals surface area contributed by atoms with Crippen LogP contribution in [0.5, 0.6) is 0 Å². The van der Waals surface area contributed by atoms with Gasteiger partial charge >= 0.3 is 0 Å². The van der Waals surface area contributed by atoms with Crippen LogP contribution in [0.3, 0.4) is 0 Å². The summed E-state index contributed by atoms with van der Waals surface area (Å²) in [6.45, 7) is 2.14. The third kappa shape index (κ3) is 3.12. The number of nitrogens with zero attached hydrogens (tertiary/aromatic N) is 3. The van der Waals surface area contributed by atoms with Crippen molar-refractivity contribution in [2.45, 2.75) is 31.9 Å². The Morgan fingerprint density at radius 1 is 1.33 bits per heavy atom. The summed E-state index contributed by atoms with van der Waals surface area (Å²) >= 11 is 0. The van der Waals surface area contributed by atoms with Crippen molar-refractivity contribution < 1.29 is 14.3 Å². The lowest BCUT2D eigenvalue weighted by Gasteiger charge is -2.31. The van der Waals surface area contributed by atoms with Gasteiger partial charge in [-0.15, -0.1) is 0 Å². The second kappa shape index (κ2) is 6.60. The van der Waals surface area contributed by atoms with Gasteiger partial charge < -0.3 is 19.2 Å². The molecule has 0 saturated carbocycles.